The van der Waals surface area contributed by atoms with E-state index in [4.69, 9.17) is 16.3 Å². The van der Waals surface area contributed by atoms with E-state index in [2.05, 4.69) is 4.90 Å². The van der Waals surface area contributed by atoms with Crippen LogP contribution in [0.3, 0.4) is 0 Å². The number of halogens is 1. The summed E-state index contributed by atoms with van der Waals surface area (Å²) in [6.45, 7) is 3.23. The number of hydrogen-bond acceptors (Lipinski definition) is 5. The van der Waals surface area contributed by atoms with Crippen molar-refractivity contribution in [3.05, 3.63) is 68.7 Å². The summed E-state index contributed by atoms with van der Waals surface area (Å²) in [6, 6.07) is 11.9. The third-order valence-electron chi connectivity index (χ3n) is 4.60. The van der Waals surface area contributed by atoms with Crippen LogP contribution in [0.25, 0.3) is 0 Å². The molecule has 0 N–H and O–H groups in total. The minimum Gasteiger partial charge on any atom is -0.490 e. The Balaban J connectivity index is 1.59. The molecule has 1 saturated heterocycles. The number of methoxy groups -OCH3 is 1. The van der Waals surface area contributed by atoms with Crippen LogP contribution in [0.1, 0.15) is 15.9 Å². The summed E-state index contributed by atoms with van der Waals surface area (Å²) in [5.41, 5.74) is 1.44. The number of piperazine rings is 1. The highest BCUT2D eigenvalue weighted by Gasteiger charge is 2.23. The highest BCUT2D eigenvalue weighted by atomic mass is 35.5. The molecule has 0 radical (unpaired) electrons. The SMILES string of the molecule is COc1ccc(CN2CCN(C(=O)c3ccc(Cl)cc3)CC2)cc1[N+](=O)[O-]. The molecular weight excluding hydrogens is 370 g/mol. The molecule has 0 aromatic heterocycles. The minimum atomic E-state index is -0.439. The van der Waals surface area contributed by atoms with E-state index in [0.29, 0.717) is 43.3 Å². The van der Waals surface area contributed by atoms with Gasteiger partial charge in [-0.1, -0.05) is 17.7 Å². The zero-order chi connectivity index (χ0) is 19.4. The number of hydrogen-bond donors (Lipinski definition) is 0. The van der Waals surface area contributed by atoms with Gasteiger partial charge in [-0.3, -0.25) is 19.8 Å². The smallest absolute Gasteiger partial charge is 0.311 e. The van der Waals surface area contributed by atoms with Crippen LogP contribution in [0.5, 0.6) is 5.75 Å². The summed E-state index contributed by atoms with van der Waals surface area (Å²) in [5.74, 6) is 0.244. The standard InChI is InChI=1S/C19H20ClN3O4/c1-27-18-7-2-14(12-17(18)23(25)26)13-21-8-10-22(11-9-21)19(24)15-3-5-16(20)6-4-15/h2-7,12H,8-11,13H2,1H3. The van der Waals surface area contributed by atoms with Crippen LogP contribution in [0.15, 0.2) is 42.5 Å². The van der Waals surface area contributed by atoms with Crippen LogP contribution in [-0.4, -0.2) is 53.9 Å². The number of nitrogens with zero attached hydrogens (tertiary/aromatic N) is 3. The van der Waals surface area contributed by atoms with E-state index < -0.39 is 4.92 Å². The van der Waals surface area contributed by atoms with Crippen LogP contribution in [-0.2, 0) is 6.54 Å². The number of amides is 1. The number of ether oxygens (including phenoxy) is 1. The predicted molar refractivity (Wildman–Crippen MR) is 102 cm³/mol. The Kier molecular flexibility index (Phi) is 5.93. The summed E-state index contributed by atoms with van der Waals surface area (Å²) in [7, 11) is 1.42. The normalized spacial score (nSPS) is 14.8. The number of carbonyl (C=O) groups excluding carboxylic acids is 1. The fourth-order valence-electron chi connectivity index (χ4n) is 3.12. The highest BCUT2D eigenvalue weighted by Crippen LogP contribution is 2.28. The van der Waals surface area contributed by atoms with Crippen molar-refractivity contribution in [3.63, 3.8) is 0 Å². The Morgan fingerprint density at radius 1 is 1.15 bits per heavy atom. The minimum absolute atomic E-state index is 0.00796. The molecule has 0 atom stereocenters. The molecule has 1 amide bonds. The summed E-state index contributed by atoms with van der Waals surface area (Å²) in [4.78, 5) is 27.3. The van der Waals surface area contributed by atoms with Crippen molar-refractivity contribution in [2.45, 2.75) is 6.54 Å². The molecule has 27 heavy (non-hydrogen) atoms. The van der Waals surface area contributed by atoms with Crippen molar-refractivity contribution in [2.24, 2.45) is 0 Å². The predicted octanol–water partition coefficient (Wildman–Crippen LogP) is 3.21. The molecule has 2 aromatic rings. The van der Waals surface area contributed by atoms with Crippen molar-refractivity contribution >= 4 is 23.2 Å². The van der Waals surface area contributed by atoms with Gasteiger partial charge in [0.05, 0.1) is 12.0 Å². The second-order valence-electron chi connectivity index (χ2n) is 6.34. The van der Waals surface area contributed by atoms with Gasteiger partial charge in [-0.05, 0) is 35.9 Å². The number of nitro groups is 1. The maximum atomic E-state index is 12.5. The Morgan fingerprint density at radius 2 is 1.81 bits per heavy atom. The molecule has 0 saturated carbocycles. The van der Waals surface area contributed by atoms with Gasteiger partial charge in [-0.25, -0.2) is 0 Å². The van der Waals surface area contributed by atoms with Crippen molar-refractivity contribution in [1.82, 2.24) is 9.80 Å². The molecule has 7 nitrogen and oxygen atoms in total. The highest BCUT2D eigenvalue weighted by molar-refractivity contribution is 6.30. The largest absolute Gasteiger partial charge is 0.490 e. The molecule has 1 heterocycles. The third kappa shape index (κ3) is 4.56. The lowest BCUT2D eigenvalue weighted by Crippen LogP contribution is -2.48. The van der Waals surface area contributed by atoms with Crippen molar-refractivity contribution in [1.29, 1.82) is 0 Å². The molecule has 8 heteroatoms. The van der Waals surface area contributed by atoms with Crippen molar-refractivity contribution in [2.75, 3.05) is 33.3 Å². The topological polar surface area (TPSA) is 75.9 Å². The number of benzene rings is 2. The second kappa shape index (κ2) is 8.37. The van der Waals surface area contributed by atoms with Gasteiger partial charge < -0.3 is 9.64 Å². The number of carbonyl (C=O) groups is 1. The summed E-state index contributed by atoms with van der Waals surface area (Å²) in [5, 5.41) is 11.8. The molecule has 3 rings (SSSR count). The Hall–Kier alpha value is -2.64. The van der Waals surface area contributed by atoms with Gasteiger partial charge in [0.1, 0.15) is 0 Å². The quantitative estimate of drug-likeness (QED) is 0.579. The van der Waals surface area contributed by atoms with Crippen LogP contribution < -0.4 is 4.74 Å². The number of nitro benzene ring substituents is 1. The molecule has 142 valence electrons. The first-order chi connectivity index (χ1) is 13.0. The summed E-state index contributed by atoms with van der Waals surface area (Å²) < 4.78 is 5.03. The average molecular weight is 390 g/mol. The van der Waals surface area contributed by atoms with E-state index in [-0.39, 0.29) is 17.3 Å². The first-order valence-corrected chi connectivity index (χ1v) is 8.94. The fourth-order valence-corrected chi connectivity index (χ4v) is 3.24. The molecule has 1 aliphatic rings. The van der Waals surface area contributed by atoms with Gasteiger partial charge in [0, 0.05) is 49.4 Å². The lowest BCUT2D eigenvalue weighted by molar-refractivity contribution is -0.385. The van der Waals surface area contributed by atoms with Crippen LogP contribution in [0.2, 0.25) is 5.02 Å². The van der Waals surface area contributed by atoms with E-state index in [9.17, 15) is 14.9 Å². The van der Waals surface area contributed by atoms with Crippen molar-refractivity contribution in [3.8, 4) is 5.75 Å². The lowest BCUT2D eigenvalue weighted by atomic mass is 10.1. The summed E-state index contributed by atoms with van der Waals surface area (Å²) >= 11 is 5.87. The Morgan fingerprint density at radius 3 is 2.41 bits per heavy atom. The summed E-state index contributed by atoms with van der Waals surface area (Å²) in [6.07, 6.45) is 0. The molecule has 0 spiro atoms. The van der Waals surface area contributed by atoms with Gasteiger partial charge in [-0.15, -0.1) is 0 Å². The zero-order valence-corrected chi connectivity index (χ0v) is 15.7. The number of rotatable bonds is 5. The molecule has 1 fully saturated rings. The monoisotopic (exact) mass is 389 g/mol. The average Bonchev–Trinajstić information content (AvgIpc) is 2.68. The molecule has 0 aliphatic carbocycles. The maximum absolute atomic E-state index is 12.5. The Bertz CT molecular complexity index is 833. The van der Waals surface area contributed by atoms with Crippen LogP contribution in [0, 0.1) is 10.1 Å². The lowest BCUT2D eigenvalue weighted by Gasteiger charge is -2.34. The van der Waals surface area contributed by atoms with E-state index >= 15 is 0 Å². The van der Waals surface area contributed by atoms with E-state index in [1.54, 1.807) is 36.4 Å². The molecule has 0 bridgehead atoms. The van der Waals surface area contributed by atoms with Crippen LogP contribution in [0.4, 0.5) is 5.69 Å². The first-order valence-electron chi connectivity index (χ1n) is 8.56. The Labute approximate surface area is 162 Å². The molecule has 0 unspecified atom stereocenters. The van der Waals surface area contributed by atoms with Gasteiger partial charge in [0.15, 0.2) is 5.75 Å². The van der Waals surface area contributed by atoms with E-state index in [1.165, 1.54) is 7.11 Å². The molecule has 2 aromatic carbocycles. The van der Waals surface area contributed by atoms with Crippen LogP contribution >= 0.6 is 11.6 Å². The molecular formula is C19H20ClN3O4. The van der Waals surface area contributed by atoms with E-state index in [1.807, 2.05) is 11.0 Å². The van der Waals surface area contributed by atoms with Gasteiger partial charge in [0.25, 0.3) is 5.91 Å². The van der Waals surface area contributed by atoms with Gasteiger partial charge >= 0.3 is 5.69 Å². The van der Waals surface area contributed by atoms with E-state index in [0.717, 1.165) is 5.56 Å². The van der Waals surface area contributed by atoms with Gasteiger partial charge in [0.2, 0.25) is 0 Å². The fraction of sp³-hybridized carbons (Fsp3) is 0.316. The zero-order valence-electron chi connectivity index (χ0n) is 14.9. The maximum Gasteiger partial charge on any atom is 0.311 e. The second-order valence-corrected chi connectivity index (χ2v) is 6.77. The first kappa shape index (κ1) is 19.1. The van der Waals surface area contributed by atoms with Gasteiger partial charge in [-0.2, -0.15) is 0 Å². The molecule has 1 aliphatic heterocycles. The third-order valence-corrected chi connectivity index (χ3v) is 4.85. The van der Waals surface area contributed by atoms with Crippen molar-refractivity contribution < 1.29 is 14.5 Å².